The van der Waals surface area contributed by atoms with Gasteiger partial charge in [0, 0.05) is 18.8 Å². The molecule has 0 spiro atoms. The molecule has 4 heteroatoms. The number of esters is 1. The van der Waals surface area contributed by atoms with Crippen LogP contribution >= 0.6 is 0 Å². The number of rotatable bonds is 6. The molecule has 19 heavy (non-hydrogen) atoms. The molecule has 0 aliphatic rings. The number of nitrogens with zero attached hydrogens (tertiary/aromatic N) is 1. The minimum absolute atomic E-state index is 0.368. The zero-order valence-corrected chi connectivity index (χ0v) is 12.3. The Bertz CT molecular complexity index is 428. The standard InChI is InChI=1S/C15H24N2O2/c1-5-17(6-2)13-8-7-12(11(3)9-13)10-14(16)15(18)19-4/h7-9,14H,5-6,10,16H2,1-4H3. The van der Waals surface area contributed by atoms with Gasteiger partial charge in [0.05, 0.1) is 7.11 Å². The first-order valence-corrected chi connectivity index (χ1v) is 6.71. The SMILES string of the molecule is CCN(CC)c1ccc(CC(N)C(=O)OC)c(C)c1. The van der Waals surface area contributed by atoms with Crippen LogP contribution in [0, 0.1) is 6.92 Å². The Morgan fingerprint density at radius 2 is 2.00 bits per heavy atom. The Morgan fingerprint density at radius 1 is 1.37 bits per heavy atom. The molecule has 0 radical (unpaired) electrons. The van der Waals surface area contributed by atoms with Crippen LogP contribution in [0.1, 0.15) is 25.0 Å². The number of ether oxygens (including phenoxy) is 1. The lowest BCUT2D eigenvalue weighted by atomic mass is 10.0. The number of aryl methyl sites for hydroxylation is 1. The maximum absolute atomic E-state index is 11.3. The first-order chi connectivity index (χ1) is 9.03. The molecule has 0 saturated heterocycles. The Hall–Kier alpha value is -1.55. The van der Waals surface area contributed by atoms with Gasteiger partial charge in [0.2, 0.25) is 0 Å². The number of carbonyl (C=O) groups excluding carboxylic acids is 1. The van der Waals surface area contributed by atoms with E-state index < -0.39 is 6.04 Å². The van der Waals surface area contributed by atoms with Gasteiger partial charge in [-0.1, -0.05) is 6.07 Å². The van der Waals surface area contributed by atoms with Crippen molar-refractivity contribution in [3.05, 3.63) is 29.3 Å². The van der Waals surface area contributed by atoms with E-state index in [-0.39, 0.29) is 5.97 Å². The van der Waals surface area contributed by atoms with Gasteiger partial charge in [-0.15, -0.1) is 0 Å². The monoisotopic (exact) mass is 264 g/mol. The molecule has 1 aromatic rings. The topological polar surface area (TPSA) is 55.6 Å². The molecule has 1 atom stereocenters. The zero-order chi connectivity index (χ0) is 14.4. The number of hydrogen-bond donors (Lipinski definition) is 1. The lowest BCUT2D eigenvalue weighted by Gasteiger charge is -2.22. The molecule has 0 saturated carbocycles. The van der Waals surface area contributed by atoms with Crippen molar-refractivity contribution in [2.24, 2.45) is 5.73 Å². The van der Waals surface area contributed by atoms with Crippen LogP contribution in [0.2, 0.25) is 0 Å². The van der Waals surface area contributed by atoms with Crippen molar-refractivity contribution < 1.29 is 9.53 Å². The summed E-state index contributed by atoms with van der Waals surface area (Å²) in [4.78, 5) is 13.6. The second-order valence-electron chi connectivity index (χ2n) is 4.62. The number of anilines is 1. The molecule has 1 unspecified atom stereocenters. The molecule has 1 rings (SSSR count). The summed E-state index contributed by atoms with van der Waals surface area (Å²) in [6.45, 7) is 8.29. The van der Waals surface area contributed by atoms with Crippen LogP contribution in [0.3, 0.4) is 0 Å². The highest BCUT2D eigenvalue weighted by atomic mass is 16.5. The van der Waals surface area contributed by atoms with Gasteiger partial charge in [-0.3, -0.25) is 4.79 Å². The minimum atomic E-state index is -0.594. The third-order valence-corrected chi connectivity index (χ3v) is 3.40. The fourth-order valence-electron chi connectivity index (χ4n) is 2.17. The highest BCUT2D eigenvalue weighted by Crippen LogP contribution is 2.20. The molecule has 0 bridgehead atoms. The van der Waals surface area contributed by atoms with E-state index in [1.165, 1.54) is 12.8 Å². The maximum Gasteiger partial charge on any atom is 0.322 e. The summed E-state index contributed by atoms with van der Waals surface area (Å²) in [7, 11) is 1.36. The second kappa shape index (κ2) is 7.14. The summed E-state index contributed by atoms with van der Waals surface area (Å²) in [6, 6.07) is 5.68. The number of nitrogens with two attached hydrogens (primary N) is 1. The highest BCUT2D eigenvalue weighted by Gasteiger charge is 2.15. The summed E-state index contributed by atoms with van der Waals surface area (Å²) in [5.74, 6) is -0.368. The minimum Gasteiger partial charge on any atom is -0.468 e. The molecule has 1 aromatic carbocycles. The van der Waals surface area contributed by atoms with Gasteiger partial charge in [-0.05, 0) is 50.5 Å². The second-order valence-corrected chi connectivity index (χ2v) is 4.62. The van der Waals surface area contributed by atoms with Crippen molar-refractivity contribution in [2.45, 2.75) is 33.2 Å². The zero-order valence-electron chi connectivity index (χ0n) is 12.3. The predicted molar refractivity (Wildman–Crippen MR) is 78.4 cm³/mol. The van der Waals surface area contributed by atoms with Gasteiger partial charge in [-0.25, -0.2) is 0 Å². The van der Waals surface area contributed by atoms with Crippen LogP contribution in [0.25, 0.3) is 0 Å². The average molecular weight is 264 g/mol. The van der Waals surface area contributed by atoms with Crippen LogP contribution in [0.4, 0.5) is 5.69 Å². The summed E-state index contributed by atoms with van der Waals surface area (Å²) >= 11 is 0. The molecule has 106 valence electrons. The molecular weight excluding hydrogens is 240 g/mol. The van der Waals surface area contributed by atoms with Crippen LogP contribution < -0.4 is 10.6 Å². The highest BCUT2D eigenvalue weighted by molar-refractivity contribution is 5.75. The largest absolute Gasteiger partial charge is 0.468 e. The van der Waals surface area contributed by atoms with Crippen LogP contribution in [-0.2, 0) is 16.0 Å². The van der Waals surface area contributed by atoms with E-state index >= 15 is 0 Å². The lowest BCUT2D eigenvalue weighted by molar-refractivity contribution is -0.142. The average Bonchev–Trinajstić information content (AvgIpc) is 2.42. The van der Waals surface area contributed by atoms with Crippen molar-refractivity contribution in [3.8, 4) is 0 Å². The predicted octanol–water partition coefficient (Wildman–Crippen LogP) is 1.88. The molecular formula is C15H24N2O2. The van der Waals surface area contributed by atoms with Crippen molar-refractivity contribution in [1.82, 2.24) is 0 Å². The number of hydrogen-bond acceptors (Lipinski definition) is 4. The number of benzene rings is 1. The molecule has 4 nitrogen and oxygen atoms in total. The number of methoxy groups -OCH3 is 1. The lowest BCUT2D eigenvalue weighted by Crippen LogP contribution is -2.33. The van der Waals surface area contributed by atoms with Gasteiger partial charge < -0.3 is 15.4 Å². The molecule has 0 fully saturated rings. The Balaban J connectivity index is 2.85. The molecule has 0 heterocycles. The summed E-state index contributed by atoms with van der Waals surface area (Å²) in [6.07, 6.45) is 0.511. The third-order valence-electron chi connectivity index (χ3n) is 3.40. The molecule has 2 N–H and O–H groups in total. The maximum atomic E-state index is 11.3. The molecule has 0 amide bonds. The van der Waals surface area contributed by atoms with Crippen molar-refractivity contribution in [1.29, 1.82) is 0 Å². The number of carbonyl (C=O) groups is 1. The van der Waals surface area contributed by atoms with Crippen molar-refractivity contribution in [3.63, 3.8) is 0 Å². The quantitative estimate of drug-likeness (QED) is 0.797. The van der Waals surface area contributed by atoms with E-state index in [0.29, 0.717) is 6.42 Å². The van der Waals surface area contributed by atoms with Gasteiger partial charge in [0.25, 0.3) is 0 Å². The molecule has 0 aromatic heterocycles. The van der Waals surface area contributed by atoms with Crippen molar-refractivity contribution in [2.75, 3.05) is 25.1 Å². The first kappa shape index (κ1) is 15.5. The van der Waals surface area contributed by atoms with Crippen LogP contribution in [-0.4, -0.2) is 32.2 Å². The van der Waals surface area contributed by atoms with Gasteiger partial charge in [0.15, 0.2) is 0 Å². The summed E-state index contributed by atoms with van der Waals surface area (Å²) < 4.78 is 4.65. The van der Waals surface area contributed by atoms with Gasteiger partial charge >= 0.3 is 5.97 Å². The van der Waals surface area contributed by atoms with E-state index in [2.05, 4.69) is 35.6 Å². The summed E-state index contributed by atoms with van der Waals surface area (Å²) in [5, 5.41) is 0. The van der Waals surface area contributed by atoms with E-state index in [0.717, 1.165) is 24.2 Å². The Morgan fingerprint density at radius 3 is 2.47 bits per heavy atom. The van der Waals surface area contributed by atoms with E-state index in [4.69, 9.17) is 5.73 Å². The van der Waals surface area contributed by atoms with Crippen LogP contribution in [0.5, 0.6) is 0 Å². The van der Waals surface area contributed by atoms with Gasteiger partial charge in [-0.2, -0.15) is 0 Å². The third kappa shape index (κ3) is 3.96. The van der Waals surface area contributed by atoms with Crippen molar-refractivity contribution >= 4 is 11.7 Å². The smallest absolute Gasteiger partial charge is 0.322 e. The molecule has 0 aliphatic carbocycles. The molecule has 0 aliphatic heterocycles. The Kier molecular flexibility index (Phi) is 5.83. The normalized spacial score (nSPS) is 12.1. The fourth-order valence-corrected chi connectivity index (χ4v) is 2.17. The fraction of sp³-hybridized carbons (Fsp3) is 0.533. The Labute approximate surface area is 115 Å². The first-order valence-electron chi connectivity index (χ1n) is 6.71. The van der Waals surface area contributed by atoms with E-state index in [1.54, 1.807) is 0 Å². The van der Waals surface area contributed by atoms with E-state index in [9.17, 15) is 4.79 Å². The van der Waals surface area contributed by atoms with Crippen LogP contribution in [0.15, 0.2) is 18.2 Å². The van der Waals surface area contributed by atoms with Gasteiger partial charge in [0.1, 0.15) is 6.04 Å². The van der Waals surface area contributed by atoms with E-state index in [1.807, 2.05) is 13.0 Å². The summed E-state index contributed by atoms with van der Waals surface area (Å²) in [5.41, 5.74) is 9.25.